The molecule has 96 valence electrons. The molecule has 0 heterocycles. The van der Waals surface area contributed by atoms with E-state index >= 15 is 0 Å². The molecule has 0 fully saturated rings. The lowest BCUT2D eigenvalue weighted by molar-refractivity contribution is -0.137. The minimum absolute atomic E-state index is 0.144. The Labute approximate surface area is 94.8 Å². The van der Waals surface area contributed by atoms with Gasteiger partial charge in [-0.25, -0.2) is 4.79 Å². The maximum atomic E-state index is 10.4. The van der Waals surface area contributed by atoms with Crippen LogP contribution >= 0.6 is 0 Å². The van der Waals surface area contributed by atoms with Gasteiger partial charge in [0.2, 0.25) is 0 Å². The minimum Gasteiger partial charge on any atom is -0.463 e. The van der Waals surface area contributed by atoms with Crippen LogP contribution in [0.15, 0.2) is 12.7 Å². The maximum absolute atomic E-state index is 10.4. The molecule has 0 spiro atoms. The van der Waals surface area contributed by atoms with Gasteiger partial charge in [0.15, 0.2) is 0 Å². The topological polar surface area (TPSA) is 107 Å². The highest BCUT2D eigenvalue weighted by Crippen LogP contribution is 1.88. The first kappa shape index (κ1) is 17.4. The lowest BCUT2D eigenvalue weighted by atomic mass is 10.3. The Bertz CT molecular complexity index is 167. The van der Waals surface area contributed by atoms with Crippen LogP contribution in [0.25, 0.3) is 0 Å². The molecule has 0 atom stereocenters. The summed E-state index contributed by atoms with van der Waals surface area (Å²) in [7, 11) is 0. The Kier molecular flexibility index (Phi) is 15.3. The van der Waals surface area contributed by atoms with Crippen molar-refractivity contribution in [1.29, 1.82) is 0 Å². The van der Waals surface area contributed by atoms with Crippen LogP contribution in [0.4, 0.5) is 0 Å². The third kappa shape index (κ3) is 15.5. The summed E-state index contributed by atoms with van der Waals surface area (Å²) in [5, 5.41) is 32.3. The summed E-state index contributed by atoms with van der Waals surface area (Å²) in [6.45, 7) is 3.02. The SMILES string of the molecule is C=CC(=O)OCCCCO.OCC(O)CO. The molecule has 0 radical (unpaired) electrons. The highest BCUT2D eigenvalue weighted by molar-refractivity contribution is 5.81. The van der Waals surface area contributed by atoms with Crippen molar-refractivity contribution in [2.24, 2.45) is 0 Å². The van der Waals surface area contributed by atoms with Crippen LogP contribution in [0.5, 0.6) is 0 Å². The van der Waals surface area contributed by atoms with Gasteiger partial charge in [0.1, 0.15) is 6.10 Å². The molecule has 0 aliphatic rings. The van der Waals surface area contributed by atoms with E-state index in [4.69, 9.17) is 20.4 Å². The van der Waals surface area contributed by atoms with E-state index in [0.717, 1.165) is 6.08 Å². The molecule has 0 aromatic rings. The first-order chi connectivity index (χ1) is 7.62. The van der Waals surface area contributed by atoms with Gasteiger partial charge in [0.25, 0.3) is 0 Å². The number of hydrogen-bond acceptors (Lipinski definition) is 6. The summed E-state index contributed by atoms with van der Waals surface area (Å²) in [6, 6.07) is 0. The molecule has 0 aromatic heterocycles. The van der Waals surface area contributed by atoms with Crippen molar-refractivity contribution in [2.45, 2.75) is 18.9 Å². The average Bonchev–Trinajstić information content (AvgIpc) is 2.34. The first-order valence-corrected chi connectivity index (χ1v) is 4.92. The molecule has 4 N–H and O–H groups in total. The molecule has 6 heteroatoms. The molecule has 6 nitrogen and oxygen atoms in total. The molecular formula is C10H20O6. The van der Waals surface area contributed by atoms with Gasteiger partial charge in [-0.3, -0.25) is 0 Å². The smallest absolute Gasteiger partial charge is 0.330 e. The quantitative estimate of drug-likeness (QED) is 0.252. The second kappa shape index (κ2) is 14.1. The third-order valence-corrected chi connectivity index (χ3v) is 1.38. The Balaban J connectivity index is 0. The molecule has 0 rings (SSSR count). The lowest BCUT2D eigenvalue weighted by Gasteiger charge is -1.98. The van der Waals surface area contributed by atoms with Crippen molar-refractivity contribution in [1.82, 2.24) is 0 Å². The third-order valence-electron chi connectivity index (χ3n) is 1.38. The highest BCUT2D eigenvalue weighted by atomic mass is 16.5. The first-order valence-electron chi connectivity index (χ1n) is 4.92. The number of aliphatic hydroxyl groups excluding tert-OH is 4. The summed E-state index contributed by atoms with van der Waals surface area (Å²) in [6.07, 6.45) is 1.55. The number of unbranched alkanes of at least 4 members (excludes halogenated alkanes) is 1. The number of esters is 1. The van der Waals surface area contributed by atoms with E-state index in [1.807, 2.05) is 0 Å². The fraction of sp³-hybridized carbons (Fsp3) is 0.700. The molecule has 0 saturated carbocycles. The zero-order chi connectivity index (χ0) is 12.8. The van der Waals surface area contributed by atoms with Crippen LogP contribution in [0.1, 0.15) is 12.8 Å². The van der Waals surface area contributed by atoms with E-state index in [0.29, 0.717) is 19.4 Å². The molecule has 0 bridgehead atoms. The van der Waals surface area contributed by atoms with Gasteiger partial charge in [-0.2, -0.15) is 0 Å². The Hall–Kier alpha value is -0.950. The normalized spacial score (nSPS) is 9.31. The van der Waals surface area contributed by atoms with Gasteiger partial charge in [-0.15, -0.1) is 0 Å². The number of ether oxygens (including phenoxy) is 1. The van der Waals surface area contributed by atoms with E-state index in [2.05, 4.69) is 11.3 Å². The lowest BCUT2D eigenvalue weighted by Crippen LogP contribution is -2.15. The standard InChI is InChI=1S/C7H12O3.C3H8O3/c1-2-7(9)10-6-4-3-5-8;4-1-3(6)2-5/h2,8H,1,3-6H2;3-6H,1-2H2. The Morgan fingerprint density at radius 2 is 1.81 bits per heavy atom. The Morgan fingerprint density at radius 3 is 2.12 bits per heavy atom. The predicted molar refractivity (Wildman–Crippen MR) is 57.7 cm³/mol. The summed E-state index contributed by atoms with van der Waals surface area (Å²) in [5.74, 6) is -0.405. The van der Waals surface area contributed by atoms with Crippen LogP contribution in [-0.2, 0) is 9.53 Å². The van der Waals surface area contributed by atoms with Gasteiger partial charge in [-0.05, 0) is 12.8 Å². The predicted octanol–water partition coefficient (Wildman–Crippen LogP) is -1.18. The molecule has 0 amide bonds. The number of carbonyl (C=O) groups excluding carboxylic acids is 1. The van der Waals surface area contributed by atoms with E-state index in [-0.39, 0.29) is 19.8 Å². The minimum atomic E-state index is -0.954. The van der Waals surface area contributed by atoms with E-state index < -0.39 is 12.1 Å². The second-order valence-electron chi connectivity index (χ2n) is 2.82. The van der Waals surface area contributed by atoms with Crippen LogP contribution in [0.2, 0.25) is 0 Å². The highest BCUT2D eigenvalue weighted by Gasteiger charge is 1.94. The van der Waals surface area contributed by atoms with Gasteiger partial charge < -0.3 is 25.2 Å². The molecular weight excluding hydrogens is 216 g/mol. The van der Waals surface area contributed by atoms with Crippen molar-refractivity contribution in [3.63, 3.8) is 0 Å². The largest absolute Gasteiger partial charge is 0.463 e. The molecule has 0 unspecified atom stereocenters. The van der Waals surface area contributed by atoms with Gasteiger partial charge >= 0.3 is 5.97 Å². The van der Waals surface area contributed by atoms with Crippen LogP contribution in [-0.4, -0.2) is 58.9 Å². The van der Waals surface area contributed by atoms with Crippen LogP contribution in [0.3, 0.4) is 0 Å². The molecule has 0 aromatic carbocycles. The summed E-state index contributed by atoms with van der Waals surface area (Å²) < 4.78 is 4.63. The van der Waals surface area contributed by atoms with E-state index in [9.17, 15) is 4.79 Å². The van der Waals surface area contributed by atoms with Crippen molar-refractivity contribution in [3.8, 4) is 0 Å². The fourth-order valence-electron chi connectivity index (χ4n) is 0.503. The van der Waals surface area contributed by atoms with Crippen LogP contribution < -0.4 is 0 Å². The molecule has 0 aliphatic heterocycles. The number of hydrogen-bond donors (Lipinski definition) is 4. The monoisotopic (exact) mass is 236 g/mol. The molecule has 0 saturated heterocycles. The average molecular weight is 236 g/mol. The van der Waals surface area contributed by atoms with Gasteiger partial charge in [0, 0.05) is 12.7 Å². The number of rotatable bonds is 7. The summed E-state index contributed by atoms with van der Waals surface area (Å²) >= 11 is 0. The van der Waals surface area contributed by atoms with Gasteiger partial charge in [-0.1, -0.05) is 6.58 Å². The Morgan fingerprint density at radius 1 is 1.25 bits per heavy atom. The molecule has 0 aliphatic carbocycles. The van der Waals surface area contributed by atoms with Crippen molar-refractivity contribution >= 4 is 5.97 Å². The summed E-state index contributed by atoms with van der Waals surface area (Å²) in [4.78, 5) is 10.4. The number of carbonyl (C=O) groups is 1. The van der Waals surface area contributed by atoms with Crippen molar-refractivity contribution < 1.29 is 30.0 Å². The number of aliphatic hydroxyl groups is 4. The zero-order valence-electron chi connectivity index (χ0n) is 9.21. The maximum Gasteiger partial charge on any atom is 0.330 e. The summed E-state index contributed by atoms with van der Waals surface area (Å²) in [5.41, 5.74) is 0. The zero-order valence-corrected chi connectivity index (χ0v) is 9.21. The van der Waals surface area contributed by atoms with E-state index in [1.165, 1.54) is 0 Å². The molecule has 16 heavy (non-hydrogen) atoms. The van der Waals surface area contributed by atoms with E-state index in [1.54, 1.807) is 0 Å². The second-order valence-corrected chi connectivity index (χ2v) is 2.82. The van der Waals surface area contributed by atoms with Crippen molar-refractivity contribution in [3.05, 3.63) is 12.7 Å². The van der Waals surface area contributed by atoms with Crippen molar-refractivity contribution in [2.75, 3.05) is 26.4 Å². The van der Waals surface area contributed by atoms with Crippen LogP contribution in [0, 0.1) is 0 Å². The van der Waals surface area contributed by atoms with Gasteiger partial charge in [0.05, 0.1) is 19.8 Å². The fourth-order valence-corrected chi connectivity index (χ4v) is 0.503.